The third kappa shape index (κ3) is 0.631. The molecule has 0 fully saturated rings. The van der Waals surface area contributed by atoms with E-state index in [2.05, 4.69) is 15.4 Å². The molecule has 0 bridgehead atoms. The summed E-state index contributed by atoms with van der Waals surface area (Å²) in [6.07, 6.45) is 0. The van der Waals surface area contributed by atoms with E-state index in [0.29, 0.717) is 5.59 Å². The third-order valence-electron chi connectivity index (χ3n) is 0.759. The van der Waals surface area contributed by atoms with E-state index >= 15 is 0 Å². The van der Waals surface area contributed by atoms with E-state index in [9.17, 15) is 0 Å². The SMILES string of the molecule is [B]c1n[nH]nc1C. The first-order chi connectivity index (χ1) is 3.30. The quantitative estimate of drug-likeness (QED) is 0.414. The lowest BCUT2D eigenvalue weighted by Gasteiger charge is -1.74. The Morgan fingerprint density at radius 3 is 2.43 bits per heavy atom. The summed E-state index contributed by atoms with van der Waals surface area (Å²) >= 11 is 0. The Morgan fingerprint density at radius 1 is 1.57 bits per heavy atom. The highest BCUT2D eigenvalue weighted by Gasteiger charge is 1.89. The van der Waals surface area contributed by atoms with Gasteiger partial charge in [-0.2, -0.15) is 15.4 Å². The molecule has 0 spiro atoms. The molecule has 1 aromatic rings. The summed E-state index contributed by atoms with van der Waals surface area (Å²) < 4.78 is 0. The van der Waals surface area contributed by atoms with Gasteiger partial charge in [-0.15, -0.1) is 0 Å². The first-order valence-electron chi connectivity index (χ1n) is 1.93. The zero-order valence-electron chi connectivity index (χ0n) is 3.97. The summed E-state index contributed by atoms with van der Waals surface area (Å²) in [6.45, 7) is 1.79. The Morgan fingerprint density at radius 2 is 2.29 bits per heavy atom. The van der Waals surface area contributed by atoms with Gasteiger partial charge in [0.25, 0.3) is 0 Å². The molecule has 7 heavy (non-hydrogen) atoms. The minimum absolute atomic E-state index is 0.472. The van der Waals surface area contributed by atoms with E-state index < -0.39 is 0 Å². The lowest BCUT2D eigenvalue weighted by atomic mass is 10.0. The monoisotopic (exact) mass is 93.0 g/mol. The van der Waals surface area contributed by atoms with Crippen molar-refractivity contribution in [2.75, 3.05) is 0 Å². The van der Waals surface area contributed by atoms with Crippen LogP contribution in [0.5, 0.6) is 0 Å². The van der Waals surface area contributed by atoms with Gasteiger partial charge in [0, 0.05) is 5.59 Å². The second-order valence-electron chi connectivity index (χ2n) is 1.29. The molecule has 4 heteroatoms. The predicted octanol–water partition coefficient (Wildman–Crippen LogP) is -1.09. The highest BCUT2D eigenvalue weighted by molar-refractivity contribution is 6.31. The maximum atomic E-state index is 5.23. The predicted molar refractivity (Wildman–Crippen MR) is 26.5 cm³/mol. The number of aromatic amines is 1. The molecule has 1 aromatic heterocycles. The molecule has 1 heterocycles. The van der Waals surface area contributed by atoms with Gasteiger partial charge in [-0.1, -0.05) is 0 Å². The number of hydrogen-bond donors (Lipinski definition) is 1. The smallest absolute Gasteiger partial charge is 0.147 e. The standard InChI is InChI=1S/C3H4BN3/c1-2-3(4)6-7-5-2/h1H3,(H,5,6,7). The maximum Gasteiger partial charge on any atom is 0.147 e. The summed E-state index contributed by atoms with van der Waals surface area (Å²) in [7, 11) is 5.23. The van der Waals surface area contributed by atoms with Gasteiger partial charge in [-0.25, -0.2) is 0 Å². The number of nitrogens with one attached hydrogen (secondary N) is 1. The largest absolute Gasteiger partial charge is 0.198 e. The van der Waals surface area contributed by atoms with Gasteiger partial charge in [0.1, 0.15) is 7.85 Å². The molecular formula is C3H4BN3. The zero-order chi connectivity index (χ0) is 5.28. The van der Waals surface area contributed by atoms with Crippen molar-refractivity contribution in [3.63, 3.8) is 0 Å². The molecule has 1 rings (SSSR count). The zero-order valence-corrected chi connectivity index (χ0v) is 3.97. The van der Waals surface area contributed by atoms with Crippen LogP contribution in [0.3, 0.4) is 0 Å². The average Bonchev–Trinajstić information content (AvgIpc) is 1.91. The highest BCUT2D eigenvalue weighted by atomic mass is 15.3. The molecule has 0 aromatic carbocycles. The van der Waals surface area contributed by atoms with E-state index in [1.54, 1.807) is 6.92 Å². The van der Waals surface area contributed by atoms with Gasteiger partial charge in [0.2, 0.25) is 0 Å². The van der Waals surface area contributed by atoms with Gasteiger partial charge in [-0.05, 0) is 6.92 Å². The second kappa shape index (κ2) is 1.37. The van der Waals surface area contributed by atoms with Crippen molar-refractivity contribution in [1.82, 2.24) is 15.4 Å². The van der Waals surface area contributed by atoms with Crippen LogP contribution in [0.2, 0.25) is 0 Å². The van der Waals surface area contributed by atoms with Gasteiger partial charge >= 0.3 is 0 Å². The summed E-state index contributed by atoms with van der Waals surface area (Å²) in [5.74, 6) is 0. The molecule has 3 nitrogen and oxygen atoms in total. The van der Waals surface area contributed by atoms with Crippen molar-refractivity contribution in [3.8, 4) is 0 Å². The molecule has 0 unspecified atom stereocenters. The summed E-state index contributed by atoms with van der Waals surface area (Å²) in [5.41, 5.74) is 1.22. The van der Waals surface area contributed by atoms with Gasteiger partial charge in [-0.3, -0.25) is 0 Å². The van der Waals surface area contributed by atoms with Crippen LogP contribution in [0.1, 0.15) is 5.69 Å². The number of hydrogen-bond acceptors (Lipinski definition) is 2. The Hall–Kier alpha value is -0.795. The molecule has 34 valence electrons. The minimum atomic E-state index is 0.472. The number of aryl methyl sites for hydroxylation is 1. The molecule has 0 atom stereocenters. The van der Waals surface area contributed by atoms with Crippen LogP contribution in [0.25, 0.3) is 0 Å². The van der Waals surface area contributed by atoms with Crippen LogP contribution in [0.4, 0.5) is 0 Å². The van der Waals surface area contributed by atoms with Crippen LogP contribution in [0.15, 0.2) is 0 Å². The molecule has 1 N–H and O–H groups in total. The molecule has 2 radical (unpaired) electrons. The van der Waals surface area contributed by atoms with Crippen LogP contribution in [-0.2, 0) is 0 Å². The van der Waals surface area contributed by atoms with Crippen LogP contribution < -0.4 is 5.59 Å². The fraction of sp³-hybridized carbons (Fsp3) is 0.333. The van der Waals surface area contributed by atoms with E-state index in [1.165, 1.54) is 0 Å². The fourth-order valence-electron chi connectivity index (χ4n) is 0.292. The molecule has 0 aliphatic carbocycles. The lowest BCUT2D eigenvalue weighted by Crippen LogP contribution is -2.05. The Bertz CT molecular complexity index is 142. The average molecular weight is 92.9 g/mol. The molecule has 0 saturated carbocycles. The van der Waals surface area contributed by atoms with E-state index in [4.69, 9.17) is 7.85 Å². The first kappa shape index (κ1) is 4.37. The fourth-order valence-corrected chi connectivity index (χ4v) is 0.292. The minimum Gasteiger partial charge on any atom is -0.198 e. The molecule has 0 saturated heterocycles. The van der Waals surface area contributed by atoms with E-state index in [1.807, 2.05) is 0 Å². The number of H-pyrrole nitrogens is 1. The van der Waals surface area contributed by atoms with Crippen molar-refractivity contribution >= 4 is 13.4 Å². The summed E-state index contributed by atoms with van der Waals surface area (Å²) in [5, 5.41) is 9.59. The Kier molecular flexibility index (Phi) is 0.853. The number of rotatable bonds is 0. The van der Waals surface area contributed by atoms with E-state index in [0.717, 1.165) is 5.69 Å². The van der Waals surface area contributed by atoms with Crippen molar-refractivity contribution in [2.24, 2.45) is 0 Å². The normalized spacial score (nSPS) is 9.29. The maximum absolute atomic E-state index is 5.23. The molecule has 0 amide bonds. The van der Waals surface area contributed by atoms with Gasteiger partial charge in [0.05, 0.1) is 5.69 Å². The van der Waals surface area contributed by atoms with Crippen LogP contribution in [0, 0.1) is 6.92 Å². The summed E-state index contributed by atoms with van der Waals surface area (Å²) in [6, 6.07) is 0. The first-order valence-corrected chi connectivity index (χ1v) is 1.93. The van der Waals surface area contributed by atoms with Crippen LogP contribution in [-0.4, -0.2) is 23.3 Å². The molecule has 0 aliphatic rings. The molecule has 0 aliphatic heterocycles. The molecular weight excluding hydrogens is 88.9 g/mol. The number of nitrogens with zero attached hydrogens (tertiary/aromatic N) is 2. The summed E-state index contributed by atoms with van der Waals surface area (Å²) in [4.78, 5) is 0. The van der Waals surface area contributed by atoms with Crippen molar-refractivity contribution in [2.45, 2.75) is 6.92 Å². The van der Waals surface area contributed by atoms with Gasteiger partial charge in [0.15, 0.2) is 0 Å². The van der Waals surface area contributed by atoms with Gasteiger partial charge < -0.3 is 0 Å². The second-order valence-corrected chi connectivity index (χ2v) is 1.29. The third-order valence-corrected chi connectivity index (χ3v) is 0.759. The lowest BCUT2D eigenvalue weighted by molar-refractivity contribution is 0.932. The Labute approximate surface area is 42.5 Å². The van der Waals surface area contributed by atoms with Crippen molar-refractivity contribution in [1.29, 1.82) is 0 Å². The topological polar surface area (TPSA) is 41.6 Å². The van der Waals surface area contributed by atoms with E-state index in [-0.39, 0.29) is 0 Å². The number of aromatic nitrogens is 3. The Balaban J connectivity index is 3.12. The van der Waals surface area contributed by atoms with Crippen molar-refractivity contribution in [3.05, 3.63) is 5.69 Å². The highest BCUT2D eigenvalue weighted by Crippen LogP contribution is 1.73. The van der Waals surface area contributed by atoms with Crippen LogP contribution >= 0.6 is 0 Å². The van der Waals surface area contributed by atoms with Crippen molar-refractivity contribution < 1.29 is 0 Å².